The number of benzene rings is 1. The highest BCUT2D eigenvalue weighted by Crippen LogP contribution is 2.33. The van der Waals surface area contributed by atoms with Gasteiger partial charge in [-0.15, -0.1) is 11.3 Å². The Morgan fingerprint density at radius 2 is 1.80 bits per heavy atom. The Labute approximate surface area is 151 Å². The number of carbonyl (C=O) groups excluding carboxylic acids is 2. The van der Waals surface area contributed by atoms with Gasteiger partial charge >= 0.3 is 0 Å². The fourth-order valence-corrected chi connectivity index (χ4v) is 4.08. The Morgan fingerprint density at radius 3 is 2.48 bits per heavy atom. The SMILES string of the molecule is NC(=O)c1ccc(C(=O)NCCc2nc(C3CCCCC3)cs2)cc1. The lowest BCUT2D eigenvalue weighted by atomic mass is 9.87. The van der Waals surface area contributed by atoms with Crippen molar-refractivity contribution >= 4 is 23.2 Å². The summed E-state index contributed by atoms with van der Waals surface area (Å²) in [5.41, 5.74) is 7.34. The van der Waals surface area contributed by atoms with Gasteiger partial charge in [-0.2, -0.15) is 0 Å². The molecule has 1 saturated carbocycles. The first-order valence-corrected chi connectivity index (χ1v) is 9.64. The van der Waals surface area contributed by atoms with Crippen LogP contribution in [0, 0.1) is 0 Å². The number of nitrogens with one attached hydrogen (secondary N) is 1. The van der Waals surface area contributed by atoms with Crippen LogP contribution in [0.25, 0.3) is 0 Å². The number of rotatable bonds is 6. The summed E-state index contributed by atoms with van der Waals surface area (Å²) in [7, 11) is 0. The van der Waals surface area contributed by atoms with Gasteiger partial charge in [-0.05, 0) is 37.1 Å². The van der Waals surface area contributed by atoms with E-state index in [1.54, 1.807) is 35.6 Å². The Kier molecular flexibility index (Phi) is 5.81. The van der Waals surface area contributed by atoms with Crippen molar-refractivity contribution in [1.29, 1.82) is 0 Å². The van der Waals surface area contributed by atoms with Crippen molar-refractivity contribution < 1.29 is 9.59 Å². The van der Waals surface area contributed by atoms with E-state index in [1.807, 2.05) is 0 Å². The minimum atomic E-state index is -0.496. The molecule has 25 heavy (non-hydrogen) atoms. The first kappa shape index (κ1) is 17.6. The summed E-state index contributed by atoms with van der Waals surface area (Å²) >= 11 is 1.68. The number of aromatic nitrogens is 1. The van der Waals surface area contributed by atoms with E-state index in [-0.39, 0.29) is 5.91 Å². The molecule has 1 aromatic carbocycles. The summed E-state index contributed by atoms with van der Waals surface area (Å²) in [6.07, 6.45) is 7.20. The molecule has 3 N–H and O–H groups in total. The molecule has 2 aromatic rings. The van der Waals surface area contributed by atoms with Crippen molar-refractivity contribution in [1.82, 2.24) is 10.3 Å². The Hall–Kier alpha value is -2.21. The predicted octanol–water partition coefficient (Wildman–Crippen LogP) is 3.26. The summed E-state index contributed by atoms with van der Waals surface area (Å²) in [4.78, 5) is 27.9. The molecule has 2 amide bonds. The second-order valence-corrected chi connectivity index (χ2v) is 7.39. The molecule has 0 saturated heterocycles. The van der Waals surface area contributed by atoms with Crippen molar-refractivity contribution in [3.05, 3.63) is 51.5 Å². The van der Waals surface area contributed by atoms with Gasteiger partial charge in [0, 0.05) is 35.4 Å². The van der Waals surface area contributed by atoms with E-state index in [4.69, 9.17) is 10.7 Å². The quantitative estimate of drug-likeness (QED) is 0.832. The van der Waals surface area contributed by atoms with Crippen molar-refractivity contribution in [2.24, 2.45) is 5.73 Å². The number of carbonyl (C=O) groups is 2. The number of amides is 2. The van der Waals surface area contributed by atoms with Gasteiger partial charge in [-0.25, -0.2) is 4.98 Å². The molecule has 0 unspecified atom stereocenters. The molecule has 1 heterocycles. The van der Waals surface area contributed by atoms with Crippen LogP contribution in [0.3, 0.4) is 0 Å². The van der Waals surface area contributed by atoms with E-state index in [2.05, 4.69) is 10.7 Å². The smallest absolute Gasteiger partial charge is 0.251 e. The monoisotopic (exact) mass is 357 g/mol. The van der Waals surface area contributed by atoms with Crippen molar-refractivity contribution in [3.8, 4) is 0 Å². The minimum absolute atomic E-state index is 0.153. The maximum absolute atomic E-state index is 12.1. The number of thiazole rings is 1. The molecule has 0 spiro atoms. The molecule has 0 aliphatic heterocycles. The summed E-state index contributed by atoms with van der Waals surface area (Å²) in [5.74, 6) is -0.0262. The number of hydrogen-bond acceptors (Lipinski definition) is 4. The molecule has 132 valence electrons. The third kappa shape index (κ3) is 4.66. The van der Waals surface area contributed by atoms with Crippen LogP contribution in [0.15, 0.2) is 29.6 Å². The molecule has 0 radical (unpaired) electrons. The van der Waals surface area contributed by atoms with Gasteiger partial charge in [0.05, 0.1) is 10.7 Å². The van der Waals surface area contributed by atoms with Crippen LogP contribution in [-0.4, -0.2) is 23.3 Å². The summed E-state index contributed by atoms with van der Waals surface area (Å²) in [6.45, 7) is 0.550. The van der Waals surface area contributed by atoms with E-state index >= 15 is 0 Å². The number of nitrogens with two attached hydrogens (primary N) is 1. The maximum atomic E-state index is 12.1. The van der Waals surface area contributed by atoms with Crippen LogP contribution >= 0.6 is 11.3 Å². The molecule has 1 fully saturated rings. The standard InChI is InChI=1S/C19H23N3O2S/c20-18(23)14-6-8-15(9-7-14)19(24)21-11-10-17-22-16(12-25-17)13-4-2-1-3-5-13/h6-9,12-13H,1-5,10-11H2,(H2,20,23)(H,21,24). The van der Waals surface area contributed by atoms with Gasteiger partial charge in [-0.3, -0.25) is 9.59 Å². The molecule has 1 aromatic heterocycles. The first-order valence-electron chi connectivity index (χ1n) is 8.76. The van der Waals surface area contributed by atoms with Crippen LogP contribution in [0.5, 0.6) is 0 Å². The minimum Gasteiger partial charge on any atom is -0.366 e. The van der Waals surface area contributed by atoms with E-state index in [1.165, 1.54) is 37.8 Å². The second kappa shape index (κ2) is 8.25. The zero-order valence-corrected chi connectivity index (χ0v) is 15.0. The number of nitrogens with zero attached hydrogens (tertiary/aromatic N) is 1. The Bertz CT molecular complexity index is 733. The second-order valence-electron chi connectivity index (χ2n) is 6.45. The van der Waals surface area contributed by atoms with Gasteiger partial charge in [-0.1, -0.05) is 19.3 Å². The molecule has 1 aliphatic rings. The zero-order chi connectivity index (χ0) is 17.6. The maximum Gasteiger partial charge on any atom is 0.251 e. The van der Waals surface area contributed by atoms with E-state index in [0.29, 0.717) is 23.6 Å². The molecule has 0 atom stereocenters. The van der Waals surface area contributed by atoms with Crippen LogP contribution in [-0.2, 0) is 6.42 Å². The van der Waals surface area contributed by atoms with Gasteiger partial charge in [0.15, 0.2) is 0 Å². The van der Waals surface area contributed by atoms with Crippen LogP contribution in [0.2, 0.25) is 0 Å². The lowest BCUT2D eigenvalue weighted by molar-refractivity contribution is 0.0951. The van der Waals surface area contributed by atoms with Gasteiger partial charge in [0.25, 0.3) is 5.91 Å². The molecule has 6 heteroatoms. The molecule has 0 bridgehead atoms. The van der Waals surface area contributed by atoms with E-state index in [0.717, 1.165) is 11.4 Å². The summed E-state index contributed by atoms with van der Waals surface area (Å²) in [6, 6.07) is 6.35. The third-order valence-electron chi connectivity index (χ3n) is 4.65. The number of hydrogen-bond donors (Lipinski definition) is 2. The highest BCUT2D eigenvalue weighted by molar-refractivity contribution is 7.09. The van der Waals surface area contributed by atoms with Crippen molar-refractivity contribution in [2.45, 2.75) is 44.4 Å². The topological polar surface area (TPSA) is 85.1 Å². The molecule has 5 nitrogen and oxygen atoms in total. The van der Waals surface area contributed by atoms with Gasteiger partial charge < -0.3 is 11.1 Å². The summed E-state index contributed by atoms with van der Waals surface area (Å²) < 4.78 is 0. The first-order chi connectivity index (χ1) is 12.1. The van der Waals surface area contributed by atoms with E-state index < -0.39 is 5.91 Å². The Morgan fingerprint density at radius 1 is 1.12 bits per heavy atom. The van der Waals surface area contributed by atoms with Crippen LogP contribution in [0.1, 0.15) is 69.4 Å². The highest BCUT2D eigenvalue weighted by Gasteiger charge is 2.18. The Balaban J connectivity index is 1.48. The van der Waals surface area contributed by atoms with E-state index in [9.17, 15) is 9.59 Å². The highest BCUT2D eigenvalue weighted by atomic mass is 32.1. The average molecular weight is 357 g/mol. The predicted molar refractivity (Wildman–Crippen MR) is 98.9 cm³/mol. The van der Waals surface area contributed by atoms with Crippen LogP contribution in [0.4, 0.5) is 0 Å². The van der Waals surface area contributed by atoms with Gasteiger partial charge in [0.1, 0.15) is 0 Å². The molecule has 1 aliphatic carbocycles. The largest absolute Gasteiger partial charge is 0.366 e. The lowest BCUT2D eigenvalue weighted by Gasteiger charge is -2.19. The van der Waals surface area contributed by atoms with Crippen LogP contribution < -0.4 is 11.1 Å². The van der Waals surface area contributed by atoms with Crippen molar-refractivity contribution in [2.75, 3.05) is 6.54 Å². The number of primary amides is 1. The fraction of sp³-hybridized carbons (Fsp3) is 0.421. The average Bonchev–Trinajstić information content (AvgIpc) is 3.11. The molecular formula is C19H23N3O2S. The summed E-state index contributed by atoms with van der Waals surface area (Å²) in [5, 5.41) is 6.15. The normalized spacial score (nSPS) is 15.0. The zero-order valence-electron chi connectivity index (χ0n) is 14.2. The fourth-order valence-electron chi connectivity index (χ4n) is 3.20. The lowest BCUT2D eigenvalue weighted by Crippen LogP contribution is -2.25. The molecule has 3 rings (SSSR count). The molecular weight excluding hydrogens is 334 g/mol. The van der Waals surface area contributed by atoms with Crippen molar-refractivity contribution in [3.63, 3.8) is 0 Å². The third-order valence-corrected chi connectivity index (χ3v) is 5.58. The van der Waals surface area contributed by atoms with Gasteiger partial charge in [0.2, 0.25) is 5.91 Å².